The molecule has 2 aromatic carbocycles. The maximum atomic E-state index is 13.4. The molecule has 1 N–H and O–H groups in total. The first-order valence-electron chi connectivity index (χ1n) is 10.6. The average molecular weight is 405 g/mol. The lowest BCUT2D eigenvalue weighted by atomic mass is 9.88. The third kappa shape index (κ3) is 3.36. The van der Waals surface area contributed by atoms with Gasteiger partial charge in [0, 0.05) is 12.2 Å². The normalized spacial score (nSPS) is 21.1. The molecule has 0 aromatic heterocycles. The average Bonchev–Trinajstić information content (AvgIpc) is 3.35. The van der Waals surface area contributed by atoms with Crippen molar-refractivity contribution in [2.45, 2.75) is 45.1 Å². The Morgan fingerprint density at radius 1 is 1.17 bits per heavy atom. The number of allylic oxidation sites excluding steroid dienone is 2. The third-order valence-electron chi connectivity index (χ3n) is 6.01. The van der Waals surface area contributed by atoms with Crippen molar-refractivity contribution in [1.29, 1.82) is 0 Å². The Labute approximate surface area is 176 Å². The molecule has 0 bridgehead atoms. The highest BCUT2D eigenvalue weighted by molar-refractivity contribution is 6.10. The van der Waals surface area contributed by atoms with Crippen LogP contribution in [-0.2, 0) is 15.1 Å². The van der Waals surface area contributed by atoms with Crippen LogP contribution in [0.1, 0.15) is 45.1 Å². The minimum Gasteiger partial charge on any atom is -0.319 e. The number of nitrogens with zero attached hydrogens (tertiary/aromatic N) is 2. The van der Waals surface area contributed by atoms with Crippen LogP contribution in [0.4, 0.5) is 4.79 Å². The van der Waals surface area contributed by atoms with Crippen LogP contribution in [-0.4, -0.2) is 40.7 Å². The number of imide groups is 1. The molecule has 0 unspecified atom stereocenters. The van der Waals surface area contributed by atoms with Gasteiger partial charge in [-0.1, -0.05) is 55.5 Å². The molecule has 1 saturated heterocycles. The number of carbonyl (C=O) groups is 3. The van der Waals surface area contributed by atoms with Crippen molar-refractivity contribution < 1.29 is 14.4 Å². The summed E-state index contributed by atoms with van der Waals surface area (Å²) >= 11 is 0. The highest BCUT2D eigenvalue weighted by Gasteiger charge is 2.50. The van der Waals surface area contributed by atoms with Crippen molar-refractivity contribution in [3.8, 4) is 0 Å². The summed E-state index contributed by atoms with van der Waals surface area (Å²) in [6, 6.07) is 13.0. The molecular weight excluding hydrogens is 378 g/mol. The van der Waals surface area contributed by atoms with Gasteiger partial charge in [-0.3, -0.25) is 14.5 Å². The molecule has 1 fully saturated rings. The van der Waals surface area contributed by atoms with E-state index in [1.165, 1.54) is 0 Å². The molecule has 4 rings (SSSR count). The Hall–Kier alpha value is -3.15. The van der Waals surface area contributed by atoms with Crippen molar-refractivity contribution in [2.75, 3.05) is 13.1 Å². The van der Waals surface area contributed by atoms with E-state index in [-0.39, 0.29) is 12.5 Å². The number of nitrogens with one attached hydrogen (secondary N) is 1. The molecule has 6 heteroatoms. The Kier molecular flexibility index (Phi) is 5.33. The summed E-state index contributed by atoms with van der Waals surface area (Å²) in [5.74, 6) is -0.607. The molecule has 1 atom stereocenters. The second-order valence-electron chi connectivity index (χ2n) is 8.11. The van der Waals surface area contributed by atoms with Gasteiger partial charge in [-0.2, -0.15) is 0 Å². The standard InChI is InChI=1S/C24H27N3O3/c1-3-15-26(18-11-5-6-12-18)21(28)16-27-22(29)24(2,25-23(27)30)20-14-8-10-17-9-4-7-13-19(17)20/h4,7-11,13-14H,3,5-6,12,15-16H2,1-2H3,(H,25,30)/t24-/m0/s1. The molecule has 156 valence electrons. The number of urea groups is 1. The summed E-state index contributed by atoms with van der Waals surface area (Å²) < 4.78 is 0. The summed E-state index contributed by atoms with van der Waals surface area (Å²) in [7, 11) is 0. The molecule has 0 radical (unpaired) electrons. The van der Waals surface area contributed by atoms with Crippen LogP contribution in [0.15, 0.2) is 54.2 Å². The topological polar surface area (TPSA) is 69.7 Å². The van der Waals surface area contributed by atoms with Gasteiger partial charge in [0.1, 0.15) is 12.1 Å². The maximum absolute atomic E-state index is 13.4. The van der Waals surface area contributed by atoms with E-state index in [4.69, 9.17) is 0 Å². The summed E-state index contributed by atoms with van der Waals surface area (Å²) in [4.78, 5) is 42.0. The Morgan fingerprint density at radius 3 is 2.67 bits per heavy atom. The van der Waals surface area contributed by atoms with Crippen molar-refractivity contribution >= 4 is 28.6 Å². The summed E-state index contributed by atoms with van der Waals surface area (Å²) in [5.41, 5.74) is 0.531. The molecule has 4 amide bonds. The predicted molar refractivity (Wildman–Crippen MR) is 115 cm³/mol. The quantitative estimate of drug-likeness (QED) is 0.741. The van der Waals surface area contributed by atoms with Crippen molar-refractivity contribution in [1.82, 2.24) is 15.1 Å². The van der Waals surface area contributed by atoms with Crippen LogP contribution >= 0.6 is 0 Å². The van der Waals surface area contributed by atoms with Gasteiger partial charge in [-0.25, -0.2) is 4.79 Å². The lowest BCUT2D eigenvalue weighted by Gasteiger charge is -2.26. The molecule has 6 nitrogen and oxygen atoms in total. The molecular formula is C24H27N3O3. The molecule has 30 heavy (non-hydrogen) atoms. The summed E-state index contributed by atoms with van der Waals surface area (Å²) in [6.07, 6.45) is 5.76. The van der Waals surface area contributed by atoms with E-state index in [9.17, 15) is 14.4 Å². The Morgan fingerprint density at radius 2 is 1.93 bits per heavy atom. The van der Waals surface area contributed by atoms with Crippen LogP contribution < -0.4 is 5.32 Å². The predicted octanol–water partition coefficient (Wildman–Crippen LogP) is 3.91. The van der Waals surface area contributed by atoms with Crippen molar-refractivity contribution in [3.05, 3.63) is 59.8 Å². The molecule has 1 aliphatic heterocycles. The fourth-order valence-electron chi connectivity index (χ4n) is 4.46. The first kappa shape index (κ1) is 20.1. The summed E-state index contributed by atoms with van der Waals surface area (Å²) in [5, 5.41) is 4.74. The lowest BCUT2D eigenvalue weighted by Crippen LogP contribution is -2.44. The van der Waals surface area contributed by atoms with Crippen LogP contribution in [0.2, 0.25) is 0 Å². The molecule has 1 aliphatic carbocycles. The van der Waals surface area contributed by atoms with Crippen LogP contribution in [0.3, 0.4) is 0 Å². The smallest absolute Gasteiger partial charge is 0.319 e. The molecule has 0 saturated carbocycles. The Balaban J connectivity index is 1.61. The van der Waals surface area contributed by atoms with E-state index in [0.29, 0.717) is 6.54 Å². The number of carbonyl (C=O) groups excluding carboxylic acids is 3. The van der Waals surface area contributed by atoms with Crippen LogP contribution in [0.25, 0.3) is 10.8 Å². The van der Waals surface area contributed by atoms with Gasteiger partial charge < -0.3 is 10.2 Å². The van der Waals surface area contributed by atoms with Crippen LogP contribution in [0.5, 0.6) is 0 Å². The minimum absolute atomic E-state index is 0.212. The van der Waals surface area contributed by atoms with E-state index in [0.717, 1.165) is 52.6 Å². The molecule has 2 aromatic rings. The number of hydrogen-bond acceptors (Lipinski definition) is 3. The van der Waals surface area contributed by atoms with Gasteiger partial charge in [0.2, 0.25) is 5.91 Å². The van der Waals surface area contributed by atoms with Crippen molar-refractivity contribution in [3.63, 3.8) is 0 Å². The van der Waals surface area contributed by atoms with Gasteiger partial charge in [0.15, 0.2) is 0 Å². The highest BCUT2D eigenvalue weighted by Crippen LogP contribution is 2.34. The first-order valence-corrected chi connectivity index (χ1v) is 10.6. The third-order valence-corrected chi connectivity index (χ3v) is 6.01. The number of hydrogen-bond donors (Lipinski definition) is 1. The summed E-state index contributed by atoms with van der Waals surface area (Å²) in [6.45, 7) is 4.07. The van der Waals surface area contributed by atoms with E-state index < -0.39 is 17.5 Å². The molecule has 0 spiro atoms. The second kappa shape index (κ2) is 7.94. The van der Waals surface area contributed by atoms with Crippen molar-refractivity contribution in [2.24, 2.45) is 0 Å². The second-order valence-corrected chi connectivity index (χ2v) is 8.11. The zero-order valence-electron chi connectivity index (χ0n) is 17.5. The zero-order chi connectivity index (χ0) is 21.3. The Bertz CT molecular complexity index is 1040. The van der Waals surface area contributed by atoms with Gasteiger partial charge in [0.05, 0.1) is 0 Å². The van der Waals surface area contributed by atoms with E-state index in [1.54, 1.807) is 11.8 Å². The highest BCUT2D eigenvalue weighted by atomic mass is 16.2. The van der Waals surface area contributed by atoms with Gasteiger partial charge in [-0.05, 0) is 48.9 Å². The zero-order valence-corrected chi connectivity index (χ0v) is 17.5. The minimum atomic E-state index is -1.21. The number of fused-ring (bicyclic) bond motifs is 1. The number of amides is 4. The van der Waals surface area contributed by atoms with Crippen LogP contribution in [0, 0.1) is 0 Å². The van der Waals surface area contributed by atoms with Gasteiger partial charge in [-0.15, -0.1) is 0 Å². The number of rotatable bonds is 6. The maximum Gasteiger partial charge on any atom is 0.325 e. The van der Waals surface area contributed by atoms with Gasteiger partial charge >= 0.3 is 6.03 Å². The SMILES string of the molecule is CCCN(C(=O)CN1C(=O)N[C@@](C)(c2cccc3ccccc23)C1=O)C1=CCCC1. The first-order chi connectivity index (χ1) is 14.5. The number of benzene rings is 2. The monoisotopic (exact) mass is 405 g/mol. The largest absolute Gasteiger partial charge is 0.325 e. The fraction of sp³-hybridized carbons (Fsp3) is 0.375. The molecule has 2 aliphatic rings. The van der Waals surface area contributed by atoms with E-state index in [2.05, 4.69) is 11.4 Å². The van der Waals surface area contributed by atoms with Gasteiger partial charge in [0.25, 0.3) is 5.91 Å². The lowest BCUT2D eigenvalue weighted by molar-refractivity contribution is -0.138. The fourth-order valence-corrected chi connectivity index (χ4v) is 4.46. The molecule has 1 heterocycles. The van der Waals surface area contributed by atoms with E-state index >= 15 is 0 Å². The van der Waals surface area contributed by atoms with E-state index in [1.807, 2.05) is 49.4 Å².